The number of carbonyl (C=O) groups excluding carboxylic acids is 3. The number of rotatable bonds is 42. The van der Waals surface area contributed by atoms with Gasteiger partial charge in [-0.15, -0.1) is 0 Å². The van der Waals surface area contributed by atoms with Gasteiger partial charge < -0.3 is 14.2 Å². The van der Waals surface area contributed by atoms with Crippen molar-refractivity contribution < 1.29 is 28.6 Å². The average Bonchev–Trinajstić information content (AvgIpc) is 3.14. The molecule has 1 atom stereocenters. The van der Waals surface area contributed by atoms with E-state index in [2.05, 4.69) is 20.8 Å². The number of hydrogen-bond acceptors (Lipinski definition) is 6. The number of ether oxygens (including phenoxy) is 3. The van der Waals surface area contributed by atoms with Gasteiger partial charge >= 0.3 is 17.9 Å². The Kier molecular flexibility index (Phi) is 40.9. The largest absolute Gasteiger partial charge is 0.462 e. The zero-order valence-electron chi connectivity index (χ0n) is 35.1. The summed E-state index contributed by atoms with van der Waals surface area (Å²) in [5.74, 6) is -0.855. The molecule has 308 valence electrons. The molecular weight excluding hydrogens is 648 g/mol. The lowest BCUT2D eigenvalue weighted by Gasteiger charge is -2.18. The topological polar surface area (TPSA) is 78.9 Å². The molecule has 0 amide bonds. The zero-order valence-corrected chi connectivity index (χ0v) is 35.1. The van der Waals surface area contributed by atoms with Crippen LogP contribution in [0.15, 0.2) is 0 Å². The highest BCUT2D eigenvalue weighted by atomic mass is 16.6. The Bertz CT molecular complexity index is 768. The van der Waals surface area contributed by atoms with Crippen LogP contribution in [0.4, 0.5) is 0 Å². The van der Waals surface area contributed by atoms with E-state index in [0.29, 0.717) is 19.3 Å². The molecule has 0 aromatic heterocycles. The van der Waals surface area contributed by atoms with Gasteiger partial charge in [-0.05, 0) is 19.3 Å². The first-order chi connectivity index (χ1) is 25.5. The Morgan fingerprint density at radius 1 is 0.308 bits per heavy atom. The van der Waals surface area contributed by atoms with Crippen molar-refractivity contribution in [2.24, 2.45) is 0 Å². The number of hydrogen-bond donors (Lipinski definition) is 0. The quantitative estimate of drug-likeness (QED) is 0.0353. The highest BCUT2D eigenvalue weighted by molar-refractivity contribution is 5.71. The van der Waals surface area contributed by atoms with E-state index in [4.69, 9.17) is 14.2 Å². The van der Waals surface area contributed by atoms with Gasteiger partial charge in [0.2, 0.25) is 0 Å². The lowest BCUT2D eigenvalue weighted by molar-refractivity contribution is -0.167. The highest BCUT2D eigenvalue weighted by Crippen LogP contribution is 2.16. The molecule has 0 saturated carbocycles. The van der Waals surface area contributed by atoms with E-state index in [9.17, 15) is 14.4 Å². The minimum absolute atomic E-state index is 0.0629. The van der Waals surface area contributed by atoms with Gasteiger partial charge in [-0.1, -0.05) is 220 Å². The third-order valence-corrected chi connectivity index (χ3v) is 10.4. The van der Waals surface area contributed by atoms with Crippen molar-refractivity contribution in [2.75, 3.05) is 13.2 Å². The van der Waals surface area contributed by atoms with E-state index in [1.165, 1.54) is 161 Å². The van der Waals surface area contributed by atoms with Crippen LogP contribution in [0.25, 0.3) is 0 Å². The summed E-state index contributed by atoms with van der Waals surface area (Å²) in [6, 6.07) is 0. The highest BCUT2D eigenvalue weighted by Gasteiger charge is 2.19. The molecule has 0 spiro atoms. The molecule has 52 heavy (non-hydrogen) atoms. The van der Waals surface area contributed by atoms with Crippen molar-refractivity contribution in [1.29, 1.82) is 0 Å². The molecule has 0 N–H and O–H groups in total. The van der Waals surface area contributed by atoms with Crippen LogP contribution in [0.5, 0.6) is 0 Å². The second-order valence-corrected chi connectivity index (χ2v) is 15.7. The molecular formula is C46H88O6. The van der Waals surface area contributed by atoms with E-state index in [1.807, 2.05) is 0 Å². The van der Waals surface area contributed by atoms with Crippen LogP contribution >= 0.6 is 0 Å². The van der Waals surface area contributed by atoms with Gasteiger partial charge in [0.25, 0.3) is 0 Å². The molecule has 0 aromatic rings. The zero-order chi connectivity index (χ0) is 38.0. The molecule has 0 aromatic carbocycles. The molecule has 6 nitrogen and oxygen atoms in total. The lowest BCUT2D eigenvalue weighted by atomic mass is 10.0. The van der Waals surface area contributed by atoms with Gasteiger partial charge in [-0.2, -0.15) is 0 Å². The van der Waals surface area contributed by atoms with Crippen molar-refractivity contribution in [3.8, 4) is 0 Å². The summed E-state index contributed by atoms with van der Waals surface area (Å²) >= 11 is 0. The third-order valence-electron chi connectivity index (χ3n) is 10.4. The summed E-state index contributed by atoms with van der Waals surface area (Å²) in [5.41, 5.74) is 0. The molecule has 0 aliphatic carbocycles. The Hall–Kier alpha value is -1.59. The molecule has 0 bridgehead atoms. The van der Waals surface area contributed by atoms with E-state index >= 15 is 0 Å². The normalized spacial score (nSPS) is 11.8. The molecule has 6 heteroatoms. The SMILES string of the molecule is CCCCCCCCCCCCCCCCCC(=O)OCC(COC(=O)CCCCCCCCCC)OC(=O)CCCCCCCCCCCCC. The van der Waals surface area contributed by atoms with Gasteiger partial charge in [-0.3, -0.25) is 14.4 Å². The fraction of sp³-hybridized carbons (Fsp3) is 0.935. The van der Waals surface area contributed by atoms with Gasteiger partial charge in [0.05, 0.1) is 0 Å². The van der Waals surface area contributed by atoms with E-state index in [0.717, 1.165) is 57.8 Å². The molecule has 0 aliphatic heterocycles. The molecule has 0 saturated heterocycles. The number of esters is 3. The third kappa shape index (κ3) is 39.6. The second kappa shape index (κ2) is 42.2. The smallest absolute Gasteiger partial charge is 0.306 e. The summed E-state index contributed by atoms with van der Waals surface area (Å²) in [4.78, 5) is 37.6. The minimum atomic E-state index is -0.757. The molecule has 1 unspecified atom stereocenters. The first-order valence-electron chi connectivity index (χ1n) is 23.0. The van der Waals surface area contributed by atoms with Crippen LogP contribution in [-0.2, 0) is 28.6 Å². The standard InChI is InChI=1S/C46H88O6/c1-4-7-10-13-16-19-21-22-23-24-26-27-30-33-36-39-45(48)51-42-43(41-50-44(47)38-35-32-29-18-15-12-9-6-3)52-46(49)40-37-34-31-28-25-20-17-14-11-8-5-2/h43H,4-42H2,1-3H3. The fourth-order valence-electron chi connectivity index (χ4n) is 6.85. The van der Waals surface area contributed by atoms with Gasteiger partial charge in [0.1, 0.15) is 13.2 Å². The summed E-state index contributed by atoms with van der Waals surface area (Å²) in [6.07, 6.45) is 42.3. The molecule has 0 heterocycles. The Balaban J connectivity index is 4.26. The van der Waals surface area contributed by atoms with Crippen LogP contribution in [0, 0.1) is 0 Å². The first kappa shape index (κ1) is 50.4. The summed E-state index contributed by atoms with van der Waals surface area (Å²) < 4.78 is 16.7. The Labute approximate surface area is 323 Å². The Morgan fingerprint density at radius 2 is 0.519 bits per heavy atom. The lowest BCUT2D eigenvalue weighted by Crippen LogP contribution is -2.30. The summed E-state index contributed by atoms with van der Waals surface area (Å²) in [7, 11) is 0. The molecule has 0 aliphatic rings. The van der Waals surface area contributed by atoms with Gasteiger partial charge in [0, 0.05) is 19.3 Å². The monoisotopic (exact) mass is 737 g/mol. The second-order valence-electron chi connectivity index (χ2n) is 15.7. The van der Waals surface area contributed by atoms with E-state index in [-0.39, 0.29) is 31.1 Å². The summed E-state index contributed by atoms with van der Waals surface area (Å²) in [5, 5.41) is 0. The average molecular weight is 737 g/mol. The van der Waals surface area contributed by atoms with Crippen LogP contribution in [0.1, 0.15) is 258 Å². The van der Waals surface area contributed by atoms with Gasteiger partial charge in [0.15, 0.2) is 6.10 Å². The van der Waals surface area contributed by atoms with E-state index in [1.54, 1.807) is 0 Å². The van der Waals surface area contributed by atoms with Crippen LogP contribution in [-0.4, -0.2) is 37.2 Å². The van der Waals surface area contributed by atoms with Crippen molar-refractivity contribution in [1.82, 2.24) is 0 Å². The van der Waals surface area contributed by atoms with Crippen molar-refractivity contribution in [2.45, 2.75) is 264 Å². The van der Waals surface area contributed by atoms with Crippen molar-refractivity contribution in [3.63, 3.8) is 0 Å². The number of carbonyl (C=O) groups is 3. The molecule has 0 rings (SSSR count). The van der Waals surface area contributed by atoms with Gasteiger partial charge in [-0.25, -0.2) is 0 Å². The maximum absolute atomic E-state index is 12.7. The van der Waals surface area contributed by atoms with Crippen molar-refractivity contribution >= 4 is 17.9 Å². The fourth-order valence-corrected chi connectivity index (χ4v) is 6.85. The van der Waals surface area contributed by atoms with Crippen molar-refractivity contribution in [3.05, 3.63) is 0 Å². The van der Waals surface area contributed by atoms with Crippen LogP contribution in [0.3, 0.4) is 0 Å². The molecule has 0 radical (unpaired) electrons. The van der Waals surface area contributed by atoms with E-state index < -0.39 is 6.10 Å². The van der Waals surface area contributed by atoms with Crippen LogP contribution in [0.2, 0.25) is 0 Å². The maximum atomic E-state index is 12.7. The predicted octanol–water partition coefficient (Wildman–Crippen LogP) is 14.5. The van der Waals surface area contributed by atoms with Crippen LogP contribution < -0.4 is 0 Å². The summed E-state index contributed by atoms with van der Waals surface area (Å²) in [6.45, 7) is 6.62. The maximum Gasteiger partial charge on any atom is 0.306 e. The number of unbranched alkanes of at least 4 members (excludes halogenated alkanes) is 31. The molecule has 0 fully saturated rings. The first-order valence-corrected chi connectivity index (χ1v) is 23.0. The Morgan fingerprint density at radius 3 is 0.769 bits per heavy atom. The minimum Gasteiger partial charge on any atom is -0.462 e. The predicted molar refractivity (Wildman–Crippen MR) is 220 cm³/mol.